The van der Waals surface area contributed by atoms with Crippen molar-refractivity contribution < 1.29 is 9.32 Å². The molecule has 0 aromatic carbocycles. The predicted octanol–water partition coefficient (Wildman–Crippen LogP) is 2.15. The molecule has 2 saturated heterocycles. The van der Waals surface area contributed by atoms with Crippen LogP contribution in [0.5, 0.6) is 0 Å². The third-order valence-corrected chi connectivity index (χ3v) is 5.54. The molecular weight excluding hydrogens is 389 g/mol. The van der Waals surface area contributed by atoms with Crippen LogP contribution in [0, 0.1) is 11.8 Å². The van der Waals surface area contributed by atoms with Crippen LogP contribution in [0.4, 0.5) is 0 Å². The second-order valence-corrected chi connectivity index (χ2v) is 7.40. The van der Waals surface area contributed by atoms with Crippen molar-refractivity contribution in [1.82, 2.24) is 25.3 Å². The molecule has 2 fully saturated rings. The zero-order chi connectivity index (χ0) is 17.6. The molecule has 27 heavy (non-hydrogen) atoms. The number of carbonyl (C=O) groups is 1. The highest BCUT2D eigenvalue weighted by molar-refractivity contribution is 5.85. The highest BCUT2D eigenvalue weighted by atomic mass is 35.5. The minimum atomic E-state index is 0. The summed E-state index contributed by atoms with van der Waals surface area (Å²) >= 11 is 0. The third-order valence-electron chi connectivity index (χ3n) is 5.54. The normalized spacial score (nSPS) is 21.9. The summed E-state index contributed by atoms with van der Waals surface area (Å²) in [5.74, 6) is 2.85. The number of nitrogens with one attached hydrogen (secondary N) is 1. The van der Waals surface area contributed by atoms with E-state index in [9.17, 15) is 4.79 Å². The molecule has 2 aliphatic rings. The van der Waals surface area contributed by atoms with Gasteiger partial charge in [-0.2, -0.15) is 4.98 Å². The van der Waals surface area contributed by atoms with Gasteiger partial charge in [0.05, 0.1) is 6.54 Å². The first-order chi connectivity index (χ1) is 12.2. The second kappa shape index (κ2) is 11.8. The molecule has 1 N–H and O–H groups in total. The zero-order valence-electron chi connectivity index (χ0n) is 16.4. The molecule has 1 amide bonds. The van der Waals surface area contributed by atoms with Gasteiger partial charge in [0.2, 0.25) is 11.8 Å². The number of carbonyl (C=O) groups excluding carboxylic acids is 1. The quantitative estimate of drug-likeness (QED) is 0.757. The molecule has 9 heteroatoms. The zero-order valence-corrected chi connectivity index (χ0v) is 18.0. The van der Waals surface area contributed by atoms with E-state index >= 15 is 0 Å². The maximum absolute atomic E-state index is 12.6. The molecular formula is C18H33Cl2N5O2. The summed E-state index contributed by atoms with van der Waals surface area (Å²) in [5, 5.41) is 7.46. The first-order valence-electron chi connectivity index (χ1n) is 9.68. The Balaban J connectivity index is 0.00000182. The Morgan fingerprint density at radius 2 is 2.04 bits per heavy atom. The molecule has 0 bridgehead atoms. The van der Waals surface area contributed by atoms with Crippen molar-refractivity contribution in [2.24, 2.45) is 11.8 Å². The van der Waals surface area contributed by atoms with Gasteiger partial charge in [-0.1, -0.05) is 19.0 Å². The predicted molar refractivity (Wildman–Crippen MR) is 109 cm³/mol. The van der Waals surface area contributed by atoms with Crippen LogP contribution < -0.4 is 5.32 Å². The number of rotatable bonds is 6. The molecule has 0 radical (unpaired) electrons. The average Bonchev–Trinajstić information content (AvgIpc) is 3.10. The minimum absolute atomic E-state index is 0. The molecule has 1 aromatic heterocycles. The summed E-state index contributed by atoms with van der Waals surface area (Å²) in [4.78, 5) is 21.3. The molecule has 156 valence electrons. The van der Waals surface area contributed by atoms with E-state index in [-0.39, 0.29) is 24.8 Å². The fraction of sp³-hybridized carbons (Fsp3) is 0.833. The maximum Gasteiger partial charge on any atom is 0.226 e. The van der Waals surface area contributed by atoms with Gasteiger partial charge in [0.15, 0.2) is 5.82 Å². The number of aromatic nitrogens is 2. The molecule has 2 unspecified atom stereocenters. The van der Waals surface area contributed by atoms with Crippen molar-refractivity contribution in [3.63, 3.8) is 0 Å². The van der Waals surface area contributed by atoms with Gasteiger partial charge in [-0.3, -0.25) is 9.69 Å². The van der Waals surface area contributed by atoms with Gasteiger partial charge in [0.1, 0.15) is 0 Å². The van der Waals surface area contributed by atoms with Crippen LogP contribution in [0.15, 0.2) is 4.52 Å². The van der Waals surface area contributed by atoms with Gasteiger partial charge >= 0.3 is 0 Å². The molecule has 0 aliphatic carbocycles. The van der Waals surface area contributed by atoms with Gasteiger partial charge in [-0.25, -0.2) is 0 Å². The number of amides is 1. The van der Waals surface area contributed by atoms with Crippen molar-refractivity contribution >= 4 is 30.7 Å². The van der Waals surface area contributed by atoms with Crippen LogP contribution in [0.3, 0.4) is 0 Å². The first kappa shape index (κ1) is 24.1. The number of hydrogen-bond donors (Lipinski definition) is 1. The van der Waals surface area contributed by atoms with Gasteiger partial charge in [-0.15, -0.1) is 24.8 Å². The van der Waals surface area contributed by atoms with Crippen molar-refractivity contribution in [3.8, 4) is 0 Å². The fourth-order valence-electron chi connectivity index (χ4n) is 3.79. The number of hydrogen-bond acceptors (Lipinski definition) is 6. The Morgan fingerprint density at radius 1 is 1.30 bits per heavy atom. The smallest absolute Gasteiger partial charge is 0.226 e. The molecule has 0 spiro atoms. The Labute approximate surface area is 174 Å². The Hall–Kier alpha value is -0.890. The van der Waals surface area contributed by atoms with E-state index in [1.807, 2.05) is 11.8 Å². The molecule has 3 heterocycles. The summed E-state index contributed by atoms with van der Waals surface area (Å²) < 4.78 is 5.16. The number of halogens is 2. The van der Waals surface area contributed by atoms with Gasteiger partial charge in [0, 0.05) is 39.0 Å². The van der Waals surface area contributed by atoms with Crippen molar-refractivity contribution in [3.05, 3.63) is 11.7 Å². The molecule has 2 atom stereocenters. The fourth-order valence-corrected chi connectivity index (χ4v) is 3.79. The molecule has 3 rings (SSSR count). The van der Waals surface area contributed by atoms with E-state index in [0.29, 0.717) is 36.6 Å². The van der Waals surface area contributed by atoms with E-state index in [2.05, 4.69) is 27.3 Å². The summed E-state index contributed by atoms with van der Waals surface area (Å²) in [6.45, 7) is 10.5. The van der Waals surface area contributed by atoms with E-state index in [4.69, 9.17) is 4.52 Å². The lowest BCUT2D eigenvalue weighted by Crippen LogP contribution is -2.49. The van der Waals surface area contributed by atoms with Crippen LogP contribution in [0.2, 0.25) is 0 Å². The molecule has 0 saturated carbocycles. The largest absolute Gasteiger partial charge is 0.340 e. The summed E-state index contributed by atoms with van der Waals surface area (Å²) in [6, 6.07) is 0. The summed E-state index contributed by atoms with van der Waals surface area (Å²) in [7, 11) is 0. The van der Waals surface area contributed by atoms with Crippen molar-refractivity contribution in [1.29, 1.82) is 0 Å². The maximum atomic E-state index is 12.6. The van der Waals surface area contributed by atoms with Crippen LogP contribution in [0.25, 0.3) is 0 Å². The first-order valence-corrected chi connectivity index (χ1v) is 9.68. The van der Waals surface area contributed by atoms with Crippen LogP contribution in [-0.4, -0.2) is 65.1 Å². The third kappa shape index (κ3) is 6.89. The monoisotopic (exact) mass is 421 g/mol. The van der Waals surface area contributed by atoms with Gasteiger partial charge in [0.25, 0.3) is 0 Å². The molecule has 7 nitrogen and oxygen atoms in total. The standard InChI is InChI=1S/C18H31N5O2.2ClH/c1-3-17-20-16(21-25-17)13-22-7-9-23(10-8-22)18(24)11-14(2)15-5-4-6-19-12-15;;/h14-15,19H,3-13H2,1-2H3;2*1H. The topological polar surface area (TPSA) is 74.5 Å². The second-order valence-electron chi connectivity index (χ2n) is 7.40. The number of aryl methyl sites for hydroxylation is 1. The average molecular weight is 422 g/mol. The van der Waals surface area contributed by atoms with Crippen LogP contribution in [-0.2, 0) is 17.8 Å². The van der Waals surface area contributed by atoms with E-state index in [0.717, 1.165) is 51.5 Å². The summed E-state index contributed by atoms with van der Waals surface area (Å²) in [6.07, 6.45) is 3.93. The van der Waals surface area contributed by atoms with Crippen molar-refractivity contribution in [2.45, 2.75) is 46.1 Å². The van der Waals surface area contributed by atoms with E-state index in [1.165, 1.54) is 12.8 Å². The highest BCUT2D eigenvalue weighted by Crippen LogP contribution is 2.23. The lowest BCUT2D eigenvalue weighted by molar-refractivity contribution is -0.134. The summed E-state index contributed by atoms with van der Waals surface area (Å²) in [5.41, 5.74) is 0. The Morgan fingerprint density at radius 3 is 2.63 bits per heavy atom. The van der Waals surface area contributed by atoms with E-state index in [1.54, 1.807) is 0 Å². The Kier molecular flexibility index (Phi) is 10.6. The number of piperidine rings is 1. The molecule has 1 aromatic rings. The minimum Gasteiger partial charge on any atom is -0.340 e. The lowest BCUT2D eigenvalue weighted by atomic mass is 9.85. The highest BCUT2D eigenvalue weighted by Gasteiger charge is 2.26. The van der Waals surface area contributed by atoms with E-state index < -0.39 is 0 Å². The SMILES string of the molecule is CCc1nc(CN2CCN(C(=O)CC(C)C3CCCNC3)CC2)no1.Cl.Cl. The van der Waals surface area contributed by atoms with Gasteiger partial charge < -0.3 is 14.7 Å². The number of piperazine rings is 1. The molecule has 2 aliphatic heterocycles. The number of nitrogens with zero attached hydrogens (tertiary/aromatic N) is 4. The van der Waals surface area contributed by atoms with Crippen LogP contribution >= 0.6 is 24.8 Å². The van der Waals surface area contributed by atoms with Crippen LogP contribution in [0.1, 0.15) is 44.8 Å². The van der Waals surface area contributed by atoms with Crippen molar-refractivity contribution in [2.75, 3.05) is 39.3 Å². The Bertz CT molecular complexity index is 558. The van der Waals surface area contributed by atoms with Gasteiger partial charge in [-0.05, 0) is 37.8 Å². The lowest BCUT2D eigenvalue weighted by Gasteiger charge is -2.35.